The highest BCUT2D eigenvalue weighted by Gasteiger charge is 1.61. The third kappa shape index (κ3) is 8.52. The highest BCUT2D eigenvalue weighted by Crippen LogP contribution is 1.67. The summed E-state index contributed by atoms with van der Waals surface area (Å²) in [5.41, 5.74) is 0. The summed E-state index contributed by atoms with van der Waals surface area (Å²) in [6.45, 7) is -0.0148. The Morgan fingerprint density at radius 3 is 1.58 bits per heavy atom. The van der Waals surface area contributed by atoms with Crippen LogP contribution in [0.4, 0.5) is 0 Å². The summed E-state index contributed by atoms with van der Waals surface area (Å²) in [6.07, 6.45) is 6.12. The van der Waals surface area contributed by atoms with Crippen molar-refractivity contribution in [3.63, 3.8) is 0 Å². The fraction of sp³-hybridized carbons (Fsp3) is 0.200. The molecule has 0 aromatic carbocycles. The Labute approximate surface area is 72.2 Å². The lowest BCUT2D eigenvalue weighted by Gasteiger charge is -1.69. The van der Waals surface area contributed by atoms with E-state index in [1.807, 2.05) is 0 Å². The first kappa shape index (κ1) is 10.5. The van der Waals surface area contributed by atoms with E-state index in [0.717, 1.165) is 0 Å². The van der Waals surface area contributed by atoms with Crippen LogP contribution in [0, 0.1) is 23.7 Å². The highest BCUT2D eigenvalue weighted by molar-refractivity contribution is 5.33. The van der Waals surface area contributed by atoms with Crippen LogP contribution >= 0.6 is 0 Å². The molecule has 0 heterocycles. The fourth-order valence-electron chi connectivity index (χ4n) is 0.379. The van der Waals surface area contributed by atoms with Gasteiger partial charge in [-0.05, 0) is 24.0 Å². The van der Waals surface area contributed by atoms with Crippen LogP contribution < -0.4 is 0 Å². The van der Waals surface area contributed by atoms with E-state index in [1.165, 1.54) is 24.3 Å². The quantitative estimate of drug-likeness (QED) is 0.565. The summed E-state index contributed by atoms with van der Waals surface area (Å²) in [6, 6.07) is 0. The van der Waals surface area contributed by atoms with Crippen LogP contribution in [0.5, 0.6) is 0 Å². The second kappa shape index (κ2) is 9.52. The van der Waals surface area contributed by atoms with Crippen LogP contribution in [0.1, 0.15) is 0 Å². The Bertz CT molecular complexity index is 236. The molecule has 2 heteroatoms. The van der Waals surface area contributed by atoms with Crippen molar-refractivity contribution >= 4 is 0 Å². The molecule has 2 N–H and O–H groups in total. The predicted molar refractivity (Wildman–Crippen MR) is 48.0 cm³/mol. The Balaban J connectivity index is 3.73. The third-order valence-corrected chi connectivity index (χ3v) is 0.820. The molecule has 0 bridgehead atoms. The lowest BCUT2D eigenvalue weighted by molar-refractivity contribution is 0.342. The van der Waals surface area contributed by atoms with Crippen LogP contribution in [-0.4, -0.2) is 23.4 Å². The van der Waals surface area contributed by atoms with Gasteiger partial charge in [0.1, 0.15) is 0 Å². The monoisotopic (exact) mass is 162 g/mol. The summed E-state index contributed by atoms with van der Waals surface area (Å²) >= 11 is 0. The van der Waals surface area contributed by atoms with E-state index in [1.54, 1.807) is 0 Å². The number of allylic oxidation sites excluding steroid dienone is 2. The number of rotatable bonds is 2. The first-order valence-corrected chi connectivity index (χ1v) is 3.44. The molecule has 0 aliphatic rings. The van der Waals surface area contributed by atoms with Crippen molar-refractivity contribution in [1.82, 2.24) is 0 Å². The Hall–Kier alpha value is -1.48. The average Bonchev–Trinajstić information content (AvgIpc) is 2.10. The second-order valence-electron chi connectivity index (χ2n) is 1.71. The van der Waals surface area contributed by atoms with E-state index in [0.29, 0.717) is 0 Å². The van der Waals surface area contributed by atoms with Gasteiger partial charge in [-0.3, -0.25) is 0 Å². The number of aliphatic hydroxyl groups excluding tert-OH is 2. The average molecular weight is 162 g/mol. The molecule has 0 amide bonds. The lowest BCUT2D eigenvalue weighted by atomic mass is 10.4. The number of aliphatic hydroxyl groups is 2. The zero-order valence-electron chi connectivity index (χ0n) is 6.62. The third-order valence-electron chi connectivity index (χ3n) is 0.820. The Morgan fingerprint density at radius 2 is 1.25 bits per heavy atom. The summed E-state index contributed by atoms with van der Waals surface area (Å²) < 4.78 is 0. The lowest BCUT2D eigenvalue weighted by Crippen LogP contribution is -1.68. The summed E-state index contributed by atoms with van der Waals surface area (Å²) in [4.78, 5) is 0. The zero-order valence-corrected chi connectivity index (χ0v) is 6.62. The smallest absolute Gasteiger partial charge is 0.0621 e. The molecule has 0 saturated heterocycles. The van der Waals surface area contributed by atoms with E-state index in [4.69, 9.17) is 10.2 Å². The van der Waals surface area contributed by atoms with Gasteiger partial charge in [-0.25, -0.2) is 0 Å². The second-order valence-corrected chi connectivity index (χ2v) is 1.71. The molecular formula is C10H10O2. The Kier molecular flexibility index (Phi) is 8.35. The maximum atomic E-state index is 8.31. The Morgan fingerprint density at radius 1 is 0.833 bits per heavy atom. The summed E-state index contributed by atoms with van der Waals surface area (Å²) in [5.74, 6) is 10.3. The minimum Gasteiger partial charge on any atom is -0.392 e. The molecular weight excluding hydrogens is 152 g/mol. The van der Waals surface area contributed by atoms with Crippen molar-refractivity contribution in [3.8, 4) is 23.7 Å². The van der Waals surface area contributed by atoms with Crippen molar-refractivity contribution in [2.45, 2.75) is 0 Å². The molecule has 0 atom stereocenters. The van der Waals surface area contributed by atoms with Gasteiger partial charge in [-0.15, -0.1) is 0 Å². The first-order chi connectivity index (χ1) is 5.91. The molecule has 0 aromatic rings. The van der Waals surface area contributed by atoms with Gasteiger partial charge in [-0.1, -0.05) is 24.0 Å². The van der Waals surface area contributed by atoms with E-state index in [2.05, 4.69) is 23.7 Å². The SMILES string of the molecule is OC/C=C\C#CC#C/C=C\CO. The molecule has 0 radical (unpaired) electrons. The molecule has 0 aliphatic carbocycles. The zero-order chi connectivity index (χ0) is 9.07. The van der Waals surface area contributed by atoms with Gasteiger partial charge < -0.3 is 10.2 Å². The molecule has 0 rings (SSSR count). The van der Waals surface area contributed by atoms with Crippen molar-refractivity contribution < 1.29 is 10.2 Å². The fourth-order valence-corrected chi connectivity index (χ4v) is 0.379. The predicted octanol–water partition coefficient (Wildman–Crippen LogP) is 0.0902. The molecule has 62 valence electrons. The van der Waals surface area contributed by atoms with Crippen molar-refractivity contribution in [3.05, 3.63) is 24.3 Å². The first-order valence-electron chi connectivity index (χ1n) is 3.44. The van der Waals surface area contributed by atoms with Crippen LogP contribution in [-0.2, 0) is 0 Å². The van der Waals surface area contributed by atoms with Crippen molar-refractivity contribution in [2.24, 2.45) is 0 Å². The summed E-state index contributed by atoms with van der Waals surface area (Å²) in [7, 11) is 0. The van der Waals surface area contributed by atoms with Gasteiger partial charge in [0, 0.05) is 0 Å². The van der Waals surface area contributed by atoms with Crippen LogP contribution in [0.3, 0.4) is 0 Å². The molecule has 0 saturated carbocycles. The minimum atomic E-state index is -0.00742. The van der Waals surface area contributed by atoms with E-state index in [9.17, 15) is 0 Å². The van der Waals surface area contributed by atoms with Gasteiger partial charge in [0.2, 0.25) is 0 Å². The van der Waals surface area contributed by atoms with Crippen molar-refractivity contribution in [2.75, 3.05) is 13.2 Å². The maximum absolute atomic E-state index is 8.31. The molecule has 2 nitrogen and oxygen atoms in total. The number of hydrogen-bond donors (Lipinski definition) is 2. The highest BCUT2D eigenvalue weighted by atomic mass is 16.3. The molecule has 12 heavy (non-hydrogen) atoms. The summed E-state index contributed by atoms with van der Waals surface area (Å²) in [5, 5.41) is 16.6. The van der Waals surface area contributed by atoms with Crippen molar-refractivity contribution in [1.29, 1.82) is 0 Å². The van der Waals surface area contributed by atoms with Gasteiger partial charge in [0.25, 0.3) is 0 Å². The van der Waals surface area contributed by atoms with Gasteiger partial charge in [-0.2, -0.15) is 0 Å². The van der Waals surface area contributed by atoms with Crippen LogP contribution in [0.2, 0.25) is 0 Å². The van der Waals surface area contributed by atoms with E-state index in [-0.39, 0.29) is 13.2 Å². The maximum Gasteiger partial charge on any atom is 0.0621 e. The largest absolute Gasteiger partial charge is 0.392 e. The molecule has 0 aromatic heterocycles. The molecule has 0 spiro atoms. The topological polar surface area (TPSA) is 40.5 Å². The minimum absolute atomic E-state index is 0.00742. The van der Waals surface area contributed by atoms with Crippen LogP contribution in [0.15, 0.2) is 24.3 Å². The van der Waals surface area contributed by atoms with E-state index < -0.39 is 0 Å². The molecule has 0 unspecified atom stereocenters. The van der Waals surface area contributed by atoms with Gasteiger partial charge in [0.15, 0.2) is 0 Å². The van der Waals surface area contributed by atoms with Crippen LogP contribution in [0.25, 0.3) is 0 Å². The standard InChI is InChI=1S/C10H10O2/c11-9-7-5-3-1-2-4-6-8-10-12/h5-8,11-12H,9-10H2/b7-5-,8-6-. The number of hydrogen-bond acceptors (Lipinski definition) is 2. The van der Waals surface area contributed by atoms with Gasteiger partial charge in [0.05, 0.1) is 13.2 Å². The van der Waals surface area contributed by atoms with Gasteiger partial charge >= 0.3 is 0 Å². The molecule has 0 aliphatic heterocycles. The molecule has 0 fully saturated rings. The van der Waals surface area contributed by atoms with E-state index >= 15 is 0 Å². The normalized spacial score (nSPS) is 9.17.